The Morgan fingerprint density at radius 2 is 0.560 bits per heavy atom. The van der Waals surface area contributed by atoms with Gasteiger partial charge in [-0.25, -0.2) is 0 Å². The monoisotopic (exact) mass is 1270 g/mol. The predicted octanol–water partition coefficient (Wildman–Crippen LogP) is 25.9. The van der Waals surface area contributed by atoms with Crippen molar-refractivity contribution in [3.63, 3.8) is 0 Å². The third-order valence-corrected chi connectivity index (χ3v) is 20.6. The summed E-state index contributed by atoms with van der Waals surface area (Å²) in [7, 11) is 0. The van der Waals surface area contributed by atoms with Crippen LogP contribution in [0.1, 0.15) is 4.11 Å². The molecule has 466 valence electrons. The SMILES string of the molecule is [2H]c1ccc2c(c1)c1cc(-c3cc([2H])cc4c5cc([2H])ccc5n(-c5ccccc5)c34)ccc1n2-c1ccc2c3ccccc3c3ccccc3c2c1.c1ccc(-c2ccc(-n3c4ccccc4c4cc(-c5cccc6c5c5ccccc5n6-c5cccc(-c6ccccc6)c5)ccc43)cc2)cc1. The zero-order chi connectivity index (χ0) is 68.4. The largest absolute Gasteiger partial charge is 0.309 e. The van der Waals surface area contributed by atoms with Crippen molar-refractivity contribution < 1.29 is 4.11 Å². The van der Waals surface area contributed by atoms with Crippen LogP contribution in [0.4, 0.5) is 0 Å². The van der Waals surface area contributed by atoms with Crippen molar-refractivity contribution >= 4 is 120 Å². The number of aromatic nitrogens is 4. The summed E-state index contributed by atoms with van der Waals surface area (Å²) in [5.74, 6) is 0. The zero-order valence-electron chi connectivity index (χ0n) is 57.4. The van der Waals surface area contributed by atoms with Crippen LogP contribution in [-0.2, 0) is 0 Å². The maximum absolute atomic E-state index is 8.94. The Balaban J connectivity index is 0.000000138. The Kier molecular flexibility index (Phi) is 12.5. The van der Waals surface area contributed by atoms with Crippen LogP contribution in [0.15, 0.2) is 376 Å². The molecule has 100 heavy (non-hydrogen) atoms. The smallest absolute Gasteiger partial charge is 0.0623 e. The molecule has 4 nitrogen and oxygen atoms in total. The van der Waals surface area contributed by atoms with Gasteiger partial charge in [0.15, 0.2) is 0 Å². The molecule has 0 spiro atoms. The number of para-hydroxylation sites is 6. The van der Waals surface area contributed by atoms with Gasteiger partial charge in [0, 0.05) is 71.4 Å². The van der Waals surface area contributed by atoms with E-state index in [0.717, 1.165) is 77.5 Å². The highest BCUT2D eigenvalue weighted by Gasteiger charge is 2.22. The van der Waals surface area contributed by atoms with Gasteiger partial charge in [0.2, 0.25) is 0 Å². The first kappa shape index (κ1) is 53.9. The summed E-state index contributed by atoms with van der Waals surface area (Å²) < 4.78 is 35.4. The van der Waals surface area contributed by atoms with Gasteiger partial charge in [0.25, 0.3) is 0 Å². The van der Waals surface area contributed by atoms with E-state index in [1.165, 1.54) is 109 Å². The molecule has 17 aromatic carbocycles. The topological polar surface area (TPSA) is 19.7 Å². The Labute approximate surface area is 581 Å². The first-order valence-electron chi connectivity index (χ1n) is 35.7. The quantitative estimate of drug-likeness (QED) is 0.135. The molecule has 0 N–H and O–H groups in total. The van der Waals surface area contributed by atoms with Crippen LogP contribution in [0.2, 0.25) is 0 Å². The first-order chi connectivity index (χ1) is 50.8. The predicted molar refractivity (Wildman–Crippen MR) is 425 cm³/mol. The number of nitrogens with zero attached hydrogens (tertiary/aromatic N) is 4. The summed E-state index contributed by atoms with van der Waals surface area (Å²) in [6, 6.07) is 128. The molecule has 0 unspecified atom stereocenters. The second-order valence-electron chi connectivity index (χ2n) is 26.0. The minimum absolute atomic E-state index is 0.418. The van der Waals surface area contributed by atoms with Gasteiger partial charge in [0.05, 0.1) is 48.2 Å². The number of fused-ring (bicyclic) bond motifs is 18. The van der Waals surface area contributed by atoms with Crippen LogP contribution in [-0.4, -0.2) is 18.3 Å². The van der Waals surface area contributed by atoms with Gasteiger partial charge in [-0.05, 0) is 174 Å². The normalized spacial score (nSPS) is 12.2. The number of rotatable bonds is 8. The molecule has 0 aliphatic heterocycles. The fourth-order valence-corrected chi connectivity index (χ4v) is 16.2. The van der Waals surface area contributed by atoms with E-state index < -0.39 is 0 Å². The van der Waals surface area contributed by atoms with E-state index >= 15 is 0 Å². The summed E-state index contributed by atoms with van der Waals surface area (Å²) in [6.07, 6.45) is 0. The van der Waals surface area contributed by atoms with E-state index in [2.05, 4.69) is 316 Å². The van der Waals surface area contributed by atoms with Gasteiger partial charge < -0.3 is 18.3 Å². The fraction of sp³-hybridized carbons (Fsp3) is 0. The molecule has 0 amide bonds. The number of hydrogen-bond donors (Lipinski definition) is 0. The van der Waals surface area contributed by atoms with Crippen molar-refractivity contribution in [2.75, 3.05) is 0 Å². The molecule has 0 radical (unpaired) electrons. The van der Waals surface area contributed by atoms with Crippen molar-refractivity contribution in [1.29, 1.82) is 0 Å². The summed E-state index contributed by atoms with van der Waals surface area (Å²) in [5, 5.41) is 16.4. The van der Waals surface area contributed by atoms with Crippen LogP contribution in [0.3, 0.4) is 0 Å². The number of hydrogen-bond acceptors (Lipinski definition) is 0. The van der Waals surface area contributed by atoms with E-state index in [-0.39, 0.29) is 0 Å². The molecule has 0 fully saturated rings. The van der Waals surface area contributed by atoms with Crippen LogP contribution in [0, 0.1) is 0 Å². The maximum Gasteiger partial charge on any atom is 0.0623 e. The average Bonchev–Trinajstić information content (AvgIpc) is 1.56. The van der Waals surface area contributed by atoms with Gasteiger partial charge in [0.1, 0.15) is 0 Å². The average molecular weight is 1270 g/mol. The molecule has 21 aromatic rings. The summed E-state index contributed by atoms with van der Waals surface area (Å²) >= 11 is 0. The highest BCUT2D eigenvalue weighted by atomic mass is 15.0. The molecule has 4 heteroatoms. The highest BCUT2D eigenvalue weighted by molar-refractivity contribution is 6.26. The standard InChI is InChI=1S/C48H30N2.C48H32N2/c1-2-13-32(14-3-1)50-46-24-11-8-19-40(46)42-22-12-21-34(48(42)50)31-25-28-47-44(29-31)41-20-9-10-23-45(41)49(47)33-26-27-39-37-17-5-4-15-35(37)36-16-6-7-18-38(36)43(39)30-33;1-3-13-33(14-4-1)35-25-28-38(29-26-35)49-44-22-9-7-19-41(44)43-32-37(27-30-46(43)49)40-21-12-24-47-48(40)42-20-8-10-23-45(42)50(47)39-18-11-17-36(31-39)34-15-5-2-6-16-34/h1-30H;1-32H/i8D,9D,12D;. The lowest BCUT2D eigenvalue weighted by Gasteiger charge is -2.14. The number of benzene rings is 17. The fourth-order valence-electron chi connectivity index (χ4n) is 16.2. The lowest BCUT2D eigenvalue weighted by Crippen LogP contribution is -1.95. The van der Waals surface area contributed by atoms with Gasteiger partial charge in [-0.1, -0.05) is 273 Å². The summed E-state index contributed by atoms with van der Waals surface area (Å²) in [6.45, 7) is 0. The van der Waals surface area contributed by atoms with E-state index in [4.69, 9.17) is 4.11 Å². The van der Waals surface area contributed by atoms with Crippen molar-refractivity contribution in [2.45, 2.75) is 0 Å². The van der Waals surface area contributed by atoms with Gasteiger partial charge in [-0.2, -0.15) is 0 Å². The van der Waals surface area contributed by atoms with E-state index in [1.54, 1.807) is 0 Å². The van der Waals surface area contributed by atoms with Crippen molar-refractivity contribution in [3.8, 4) is 67.3 Å². The minimum Gasteiger partial charge on any atom is -0.309 e. The highest BCUT2D eigenvalue weighted by Crippen LogP contribution is 2.45. The molecule has 0 aliphatic rings. The van der Waals surface area contributed by atoms with Crippen LogP contribution < -0.4 is 0 Å². The first-order valence-corrected chi connectivity index (χ1v) is 34.2. The second-order valence-corrected chi connectivity index (χ2v) is 26.0. The van der Waals surface area contributed by atoms with Crippen molar-refractivity contribution in [1.82, 2.24) is 18.3 Å². The van der Waals surface area contributed by atoms with Crippen LogP contribution in [0.5, 0.6) is 0 Å². The molecule has 0 aliphatic carbocycles. The second kappa shape index (κ2) is 23.2. The van der Waals surface area contributed by atoms with Gasteiger partial charge in [-0.15, -0.1) is 0 Å². The Morgan fingerprint density at radius 3 is 1.22 bits per heavy atom. The van der Waals surface area contributed by atoms with Crippen molar-refractivity contribution in [2.24, 2.45) is 0 Å². The van der Waals surface area contributed by atoms with Gasteiger partial charge >= 0.3 is 0 Å². The van der Waals surface area contributed by atoms with Crippen molar-refractivity contribution in [3.05, 3.63) is 376 Å². The Morgan fingerprint density at radius 1 is 0.170 bits per heavy atom. The lowest BCUT2D eigenvalue weighted by molar-refractivity contribution is 1.18. The summed E-state index contributed by atoms with van der Waals surface area (Å²) in [4.78, 5) is 0. The molecular weight excluding hydrogens is 1210 g/mol. The molecule has 0 bridgehead atoms. The van der Waals surface area contributed by atoms with Gasteiger partial charge in [-0.3, -0.25) is 0 Å². The molecule has 4 aromatic heterocycles. The van der Waals surface area contributed by atoms with E-state index in [1.807, 2.05) is 60.7 Å². The third kappa shape index (κ3) is 9.08. The molecule has 0 saturated carbocycles. The van der Waals surface area contributed by atoms with Crippen LogP contribution in [0.25, 0.3) is 187 Å². The summed E-state index contributed by atoms with van der Waals surface area (Å²) in [5.41, 5.74) is 22.6. The Bertz CT molecular complexity index is 6970. The third-order valence-electron chi connectivity index (χ3n) is 20.6. The van der Waals surface area contributed by atoms with Crippen LogP contribution >= 0.6 is 0 Å². The van der Waals surface area contributed by atoms with E-state index in [9.17, 15) is 0 Å². The molecule has 4 heterocycles. The maximum atomic E-state index is 8.94. The lowest BCUT2D eigenvalue weighted by atomic mass is 9.94. The molecule has 0 saturated heterocycles. The minimum atomic E-state index is 0.418. The Hall–Kier alpha value is -13.3. The van der Waals surface area contributed by atoms with E-state index in [0.29, 0.717) is 18.1 Å². The molecule has 0 atom stereocenters. The zero-order valence-corrected chi connectivity index (χ0v) is 54.4. The molecule has 21 rings (SSSR count). The molecular formula is C96H62N4.